The van der Waals surface area contributed by atoms with E-state index in [1.54, 1.807) is 12.3 Å². The monoisotopic (exact) mass is 611 g/mol. The molecule has 224 valence electrons. The van der Waals surface area contributed by atoms with Gasteiger partial charge in [0, 0.05) is 63.5 Å². The van der Waals surface area contributed by atoms with E-state index >= 15 is 0 Å². The average molecular weight is 612 g/mol. The van der Waals surface area contributed by atoms with Gasteiger partial charge in [0.2, 0.25) is 5.91 Å². The predicted octanol–water partition coefficient (Wildman–Crippen LogP) is 4.78. The van der Waals surface area contributed by atoms with Gasteiger partial charge in [-0.2, -0.15) is 10.2 Å². The van der Waals surface area contributed by atoms with Crippen LogP contribution >= 0.6 is 11.3 Å². The molecule has 44 heavy (non-hydrogen) atoms. The van der Waals surface area contributed by atoms with Crippen molar-refractivity contribution < 1.29 is 9.18 Å². The number of halogens is 1. The number of nitrogens with zero attached hydrogens (tertiary/aromatic N) is 7. The smallest absolute Gasteiger partial charge is 0.224 e. The van der Waals surface area contributed by atoms with Crippen molar-refractivity contribution in [3.63, 3.8) is 0 Å². The van der Waals surface area contributed by atoms with Gasteiger partial charge in [-0.25, -0.2) is 24.3 Å². The molecule has 0 saturated heterocycles. The molecule has 4 N–H and O–H groups in total. The van der Waals surface area contributed by atoms with E-state index in [2.05, 4.69) is 57.0 Å². The molecule has 0 atom stereocenters. The number of hydrogen-bond acceptors (Lipinski definition) is 11. The number of benzene rings is 1. The lowest BCUT2D eigenvalue weighted by Crippen LogP contribution is -2.20. The Bertz CT molecular complexity index is 1850. The molecule has 0 radical (unpaired) electrons. The van der Waals surface area contributed by atoms with E-state index in [9.17, 15) is 9.18 Å². The van der Waals surface area contributed by atoms with E-state index in [4.69, 9.17) is 11.4 Å². The largest absolute Gasteiger partial charge is 0.362 e. The first-order valence-electron chi connectivity index (χ1n) is 14.3. The Kier molecular flexibility index (Phi) is 8.76. The van der Waals surface area contributed by atoms with Crippen molar-refractivity contribution in [1.82, 2.24) is 35.2 Å². The van der Waals surface area contributed by atoms with Crippen LogP contribution in [-0.4, -0.2) is 54.6 Å². The number of anilines is 2. The fourth-order valence-corrected chi connectivity index (χ4v) is 5.64. The van der Waals surface area contributed by atoms with Crippen molar-refractivity contribution in [2.24, 2.45) is 10.2 Å². The number of hydrogen-bond donors (Lipinski definition) is 4. The molecule has 1 aliphatic heterocycles. The number of H-pyrrole nitrogens is 1. The van der Waals surface area contributed by atoms with Crippen molar-refractivity contribution in [3.05, 3.63) is 65.2 Å². The van der Waals surface area contributed by atoms with Crippen LogP contribution in [0.5, 0.6) is 0 Å². The van der Waals surface area contributed by atoms with Gasteiger partial charge in [-0.05, 0) is 30.3 Å². The van der Waals surface area contributed by atoms with Crippen LogP contribution in [0.4, 0.5) is 15.9 Å². The van der Waals surface area contributed by atoms with Gasteiger partial charge < -0.3 is 20.9 Å². The number of nitrogens with one attached hydrogen (secondary N) is 4. The molecule has 0 bridgehead atoms. The van der Waals surface area contributed by atoms with Crippen molar-refractivity contribution in [2.45, 2.75) is 50.7 Å². The van der Waals surface area contributed by atoms with Crippen LogP contribution in [0, 0.1) is 18.2 Å². The second kappa shape index (κ2) is 13.2. The Morgan fingerprint density at radius 1 is 1.09 bits per heavy atom. The predicted molar refractivity (Wildman–Crippen MR) is 167 cm³/mol. The summed E-state index contributed by atoms with van der Waals surface area (Å²) in [7, 11) is 0. The van der Waals surface area contributed by atoms with Crippen LogP contribution in [-0.2, 0) is 24.2 Å². The van der Waals surface area contributed by atoms with Crippen molar-refractivity contribution in [1.29, 1.82) is 0 Å². The summed E-state index contributed by atoms with van der Waals surface area (Å²) in [5.41, 5.74) is 2.93. The molecule has 0 saturated carbocycles. The minimum atomic E-state index is -0.465. The standard InChI is InChI=1S/C30H30FN11OS/c1-2-3-11-30(41-42-30)12-8-25(43)37-19-6-7-21-22(16-19)39-24(38-21)9-14-32-15-10-26-40-27-28(35-18-36-29(27)44-26)34-17-23-20(31)5-4-13-33-23/h1,4-7,13,16,18,32H,3,8-12,14-15,17H2,(H,37,43)(H,38,39)(H,34,35,36). The van der Waals surface area contributed by atoms with Gasteiger partial charge in [-0.1, -0.05) is 11.3 Å². The van der Waals surface area contributed by atoms with Gasteiger partial charge in [-0.15, -0.1) is 12.3 Å². The summed E-state index contributed by atoms with van der Waals surface area (Å²) in [4.78, 5) is 38.7. The molecule has 4 aromatic heterocycles. The number of fused-ring (bicyclic) bond motifs is 2. The second-order valence-corrected chi connectivity index (χ2v) is 11.4. The fourth-order valence-electron chi connectivity index (χ4n) is 4.74. The van der Waals surface area contributed by atoms with E-state index in [1.165, 1.54) is 23.7 Å². The second-order valence-electron chi connectivity index (χ2n) is 10.4. The molecular weight excluding hydrogens is 581 g/mol. The number of imidazole rings is 1. The molecule has 0 spiro atoms. The Hall–Kier alpha value is -4.87. The summed E-state index contributed by atoms with van der Waals surface area (Å²) in [5, 5.41) is 18.6. The highest BCUT2D eigenvalue weighted by atomic mass is 32.1. The quantitative estimate of drug-likeness (QED) is 0.0973. The Labute approximate surface area is 256 Å². The SMILES string of the molecule is C#CCCC1(CCC(=O)Nc2ccc3nc(CCNCCc4nc5c(NCc6ncccc6F)ncnc5s4)[nH]c3c2)N=N1. The van der Waals surface area contributed by atoms with Gasteiger partial charge in [0.25, 0.3) is 0 Å². The topological polar surface area (TPSA) is 158 Å². The third-order valence-electron chi connectivity index (χ3n) is 7.17. The number of aromatic amines is 1. The molecule has 1 aliphatic rings. The number of carbonyl (C=O) groups is 1. The first kappa shape index (κ1) is 29.2. The highest BCUT2D eigenvalue weighted by Crippen LogP contribution is 2.37. The van der Waals surface area contributed by atoms with E-state index in [0.717, 1.165) is 46.2 Å². The van der Waals surface area contributed by atoms with E-state index in [1.807, 2.05) is 18.2 Å². The highest BCUT2D eigenvalue weighted by molar-refractivity contribution is 7.18. The zero-order valence-corrected chi connectivity index (χ0v) is 24.6. The lowest BCUT2D eigenvalue weighted by molar-refractivity contribution is -0.116. The molecule has 6 rings (SSSR count). The van der Waals surface area contributed by atoms with E-state index in [-0.39, 0.29) is 18.3 Å². The summed E-state index contributed by atoms with van der Waals surface area (Å²) in [6.07, 6.45) is 12.0. The molecule has 0 aliphatic carbocycles. The van der Waals surface area contributed by atoms with Crippen molar-refractivity contribution in [2.75, 3.05) is 23.7 Å². The van der Waals surface area contributed by atoms with Crippen LogP contribution in [0.2, 0.25) is 0 Å². The fraction of sp³-hybridized carbons (Fsp3) is 0.333. The summed E-state index contributed by atoms with van der Waals surface area (Å²) in [6.45, 7) is 1.66. The van der Waals surface area contributed by atoms with E-state index in [0.29, 0.717) is 54.8 Å². The summed E-state index contributed by atoms with van der Waals surface area (Å²) in [5.74, 6) is 3.56. The minimum Gasteiger partial charge on any atom is -0.362 e. The Morgan fingerprint density at radius 2 is 1.98 bits per heavy atom. The van der Waals surface area contributed by atoms with Crippen molar-refractivity contribution in [3.8, 4) is 12.3 Å². The first-order valence-corrected chi connectivity index (χ1v) is 15.1. The molecule has 5 heterocycles. The third kappa shape index (κ3) is 7.19. The van der Waals surface area contributed by atoms with Crippen molar-refractivity contribution >= 4 is 50.1 Å². The number of rotatable bonds is 15. The number of terminal acetylenes is 1. The van der Waals surface area contributed by atoms with Gasteiger partial charge in [0.1, 0.15) is 28.3 Å². The molecule has 1 aromatic carbocycles. The highest BCUT2D eigenvalue weighted by Gasteiger charge is 2.39. The third-order valence-corrected chi connectivity index (χ3v) is 8.19. The minimum absolute atomic E-state index is 0.0850. The van der Waals surface area contributed by atoms with Crippen LogP contribution in [0.1, 0.15) is 42.2 Å². The van der Waals surface area contributed by atoms with Gasteiger partial charge in [0.05, 0.1) is 28.3 Å². The lowest BCUT2D eigenvalue weighted by Gasteiger charge is -2.09. The van der Waals surface area contributed by atoms with Gasteiger partial charge in [-0.3, -0.25) is 9.78 Å². The summed E-state index contributed by atoms with van der Waals surface area (Å²) < 4.78 is 13.9. The maximum Gasteiger partial charge on any atom is 0.224 e. The van der Waals surface area contributed by atoms with E-state index < -0.39 is 5.66 Å². The molecule has 1 amide bonds. The lowest BCUT2D eigenvalue weighted by atomic mass is 10.0. The molecule has 5 aromatic rings. The maximum absolute atomic E-state index is 13.9. The van der Waals surface area contributed by atoms with Gasteiger partial charge in [0.15, 0.2) is 11.5 Å². The zero-order chi connectivity index (χ0) is 30.4. The molecular formula is C30H30FN11OS. The molecule has 0 unspecified atom stereocenters. The molecule has 12 nitrogen and oxygen atoms in total. The van der Waals surface area contributed by atoms with Crippen LogP contribution in [0.3, 0.4) is 0 Å². The molecule has 14 heteroatoms. The summed E-state index contributed by atoms with van der Waals surface area (Å²) >= 11 is 1.51. The maximum atomic E-state index is 13.9. The first-order chi connectivity index (χ1) is 21.5. The van der Waals surface area contributed by atoms with Crippen LogP contribution in [0.25, 0.3) is 21.4 Å². The Morgan fingerprint density at radius 3 is 2.82 bits per heavy atom. The van der Waals surface area contributed by atoms with Crippen LogP contribution in [0.15, 0.2) is 53.1 Å². The summed E-state index contributed by atoms with van der Waals surface area (Å²) in [6, 6.07) is 8.57. The Balaban J connectivity index is 0.952. The zero-order valence-electron chi connectivity index (χ0n) is 23.8. The normalized spacial score (nSPS) is 13.3. The number of thiazole rings is 1. The number of carbonyl (C=O) groups excluding carboxylic acids is 1. The number of aromatic nitrogens is 6. The molecule has 0 fully saturated rings. The van der Waals surface area contributed by atoms with Crippen LogP contribution < -0.4 is 16.0 Å². The van der Waals surface area contributed by atoms with Gasteiger partial charge >= 0.3 is 0 Å². The average Bonchev–Trinajstić information content (AvgIpc) is 3.48. The number of pyridine rings is 1. The number of amides is 1.